The minimum Gasteiger partial charge on any atom is -0.369 e. The Morgan fingerprint density at radius 2 is 2.07 bits per heavy atom. The zero-order valence-electron chi connectivity index (χ0n) is 10.3. The number of nitrogens with zero attached hydrogens (tertiary/aromatic N) is 1. The van der Waals surface area contributed by atoms with E-state index < -0.39 is 0 Å². The van der Waals surface area contributed by atoms with Crippen LogP contribution in [0.4, 0.5) is 0 Å². The maximum atomic E-state index is 11.8. The average molecular weight is 211 g/mol. The first-order valence-corrected chi connectivity index (χ1v) is 5.42. The lowest BCUT2D eigenvalue weighted by molar-refractivity contribution is -0.153. The Morgan fingerprint density at radius 3 is 2.53 bits per heavy atom. The second kappa shape index (κ2) is 4.35. The second-order valence-corrected chi connectivity index (χ2v) is 5.13. The Bertz CT molecular complexity index is 277. The molecule has 0 aliphatic carbocycles. The molecule has 15 heavy (non-hydrogen) atoms. The summed E-state index contributed by atoms with van der Waals surface area (Å²) in [5.74, 6) is 0.0956. The topological polar surface area (TPSA) is 29.5 Å². The van der Waals surface area contributed by atoms with Crippen LogP contribution in [0, 0.1) is 0 Å². The van der Waals surface area contributed by atoms with Gasteiger partial charge in [0.1, 0.15) is 0 Å². The predicted octanol–water partition coefficient (Wildman–Crippen LogP) is 1.98. The van der Waals surface area contributed by atoms with E-state index in [0.717, 1.165) is 5.57 Å². The summed E-state index contributed by atoms with van der Waals surface area (Å²) in [6.07, 6.45) is 1.80. The summed E-state index contributed by atoms with van der Waals surface area (Å²) in [7, 11) is 0. The zero-order valence-corrected chi connectivity index (χ0v) is 10.3. The van der Waals surface area contributed by atoms with Crippen molar-refractivity contribution >= 4 is 5.91 Å². The molecule has 0 saturated carbocycles. The first-order chi connectivity index (χ1) is 6.80. The van der Waals surface area contributed by atoms with Crippen LogP contribution in [0.2, 0.25) is 0 Å². The fraction of sp³-hybridized carbons (Fsp3) is 0.750. The molecule has 3 nitrogen and oxygen atoms in total. The molecule has 0 aromatic rings. The Kier molecular flexibility index (Phi) is 3.55. The van der Waals surface area contributed by atoms with Crippen LogP contribution < -0.4 is 0 Å². The lowest BCUT2D eigenvalue weighted by Gasteiger charge is -2.41. The molecule has 3 heteroatoms. The number of ether oxygens (including phenoxy) is 1. The molecule has 1 amide bonds. The summed E-state index contributed by atoms with van der Waals surface area (Å²) in [4.78, 5) is 13.7. The van der Waals surface area contributed by atoms with E-state index in [1.165, 1.54) is 0 Å². The van der Waals surface area contributed by atoms with Gasteiger partial charge in [-0.15, -0.1) is 0 Å². The van der Waals surface area contributed by atoms with Gasteiger partial charge in [0.2, 0.25) is 5.91 Å². The first kappa shape index (κ1) is 12.2. The van der Waals surface area contributed by atoms with Gasteiger partial charge in [-0.25, -0.2) is 0 Å². The molecule has 1 atom stereocenters. The third kappa shape index (κ3) is 3.67. The number of hydrogen-bond donors (Lipinski definition) is 0. The minimum atomic E-state index is -0.233. The molecule has 0 spiro atoms. The number of allylic oxidation sites excluding steroid dienone is 1. The number of carbonyl (C=O) groups excluding carboxylic acids is 1. The highest BCUT2D eigenvalue weighted by molar-refractivity contribution is 5.88. The maximum Gasteiger partial charge on any atom is 0.246 e. The molecule has 0 bridgehead atoms. The fourth-order valence-electron chi connectivity index (χ4n) is 1.96. The maximum absolute atomic E-state index is 11.8. The highest BCUT2D eigenvalue weighted by Gasteiger charge is 2.32. The van der Waals surface area contributed by atoms with Crippen molar-refractivity contribution < 1.29 is 9.53 Å². The van der Waals surface area contributed by atoms with E-state index in [1.54, 1.807) is 6.08 Å². The summed E-state index contributed by atoms with van der Waals surface area (Å²) >= 11 is 0. The molecule has 1 heterocycles. The van der Waals surface area contributed by atoms with Crippen LogP contribution in [0.1, 0.15) is 34.6 Å². The summed E-state index contributed by atoms with van der Waals surface area (Å²) in [5, 5.41) is 0. The van der Waals surface area contributed by atoms with E-state index in [9.17, 15) is 4.79 Å². The van der Waals surface area contributed by atoms with Gasteiger partial charge in [-0.05, 0) is 34.6 Å². The van der Waals surface area contributed by atoms with Crippen molar-refractivity contribution in [3.05, 3.63) is 11.6 Å². The van der Waals surface area contributed by atoms with Gasteiger partial charge >= 0.3 is 0 Å². The van der Waals surface area contributed by atoms with Crippen molar-refractivity contribution in [1.29, 1.82) is 0 Å². The molecule has 1 fully saturated rings. The van der Waals surface area contributed by atoms with Crippen LogP contribution in [-0.2, 0) is 9.53 Å². The van der Waals surface area contributed by atoms with Crippen LogP contribution >= 0.6 is 0 Å². The second-order valence-electron chi connectivity index (χ2n) is 5.13. The van der Waals surface area contributed by atoms with E-state index in [1.807, 2.05) is 39.5 Å². The van der Waals surface area contributed by atoms with Crippen molar-refractivity contribution in [3.8, 4) is 0 Å². The lowest BCUT2D eigenvalue weighted by atomic mass is 10.1. The van der Waals surface area contributed by atoms with Crippen molar-refractivity contribution in [1.82, 2.24) is 4.90 Å². The molecular formula is C12H21NO2. The van der Waals surface area contributed by atoms with Crippen LogP contribution in [0.3, 0.4) is 0 Å². The molecule has 1 aliphatic heterocycles. The number of amides is 1. The van der Waals surface area contributed by atoms with Gasteiger partial charge in [-0.1, -0.05) is 5.57 Å². The summed E-state index contributed by atoms with van der Waals surface area (Å²) in [5.41, 5.74) is 0.806. The minimum absolute atomic E-state index is 0.0956. The molecule has 0 aromatic carbocycles. The van der Waals surface area contributed by atoms with Gasteiger partial charge in [0.25, 0.3) is 0 Å². The standard InChI is InChI=1S/C12H21NO2/c1-9(2)6-11(14)13-7-10(3)15-12(4,5)8-13/h6,10H,7-8H2,1-5H3. The third-order valence-electron chi connectivity index (χ3n) is 2.29. The Morgan fingerprint density at radius 1 is 1.47 bits per heavy atom. The van der Waals surface area contributed by atoms with E-state index in [2.05, 4.69) is 0 Å². The van der Waals surface area contributed by atoms with Gasteiger partial charge in [-0.2, -0.15) is 0 Å². The van der Waals surface area contributed by atoms with Gasteiger partial charge < -0.3 is 9.64 Å². The van der Waals surface area contributed by atoms with Crippen LogP contribution in [0.25, 0.3) is 0 Å². The molecule has 0 aromatic heterocycles. The summed E-state index contributed by atoms with van der Waals surface area (Å²) in [6.45, 7) is 11.3. The first-order valence-electron chi connectivity index (χ1n) is 5.42. The van der Waals surface area contributed by atoms with E-state index in [4.69, 9.17) is 4.74 Å². The third-order valence-corrected chi connectivity index (χ3v) is 2.29. The molecule has 1 aliphatic rings. The van der Waals surface area contributed by atoms with Crippen LogP contribution in [0.5, 0.6) is 0 Å². The van der Waals surface area contributed by atoms with Crippen LogP contribution in [-0.4, -0.2) is 35.6 Å². The van der Waals surface area contributed by atoms with Crippen molar-refractivity contribution in [2.75, 3.05) is 13.1 Å². The highest BCUT2D eigenvalue weighted by atomic mass is 16.5. The number of carbonyl (C=O) groups is 1. The molecule has 0 N–H and O–H groups in total. The van der Waals surface area contributed by atoms with E-state index >= 15 is 0 Å². The highest BCUT2D eigenvalue weighted by Crippen LogP contribution is 2.20. The van der Waals surface area contributed by atoms with Crippen molar-refractivity contribution in [2.24, 2.45) is 0 Å². The Balaban J connectivity index is 2.71. The van der Waals surface area contributed by atoms with Gasteiger partial charge in [0.05, 0.1) is 11.7 Å². The number of hydrogen-bond acceptors (Lipinski definition) is 2. The number of morpholine rings is 1. The average Bonchev–Trinajstić information content (AvgIpc) is 1.98. The molecule has 0 radical (unpaired) electrons. The molecule has 1 rings (SSSR count). The monoisotopic (exact) mass is 211 g/mol. The quantitative estimate of drug-likeness (QED) is 0.621. The molecular weight excluding hydrogens is 190 g/mol. The molecule has 1 unspecified atom stereocenters. The zero-order chi connectivity index (χ0) is 11.6. The largest absolute Gasteiger partial charge is 0.369 e. The van der Waals surface area contributed by atoms with E-state index in [0.29, 0.717) is 13.1 Å². The van der Waals surface area contributed by atoms with Crippen molar-refractivity contribution in [2.45, 2.75) is 46.3 Å². The van der Waals surface area contributed by atoms with Crippen LogP contribution in [0.15, 0.2) is 11.6 Å². The van der Waals surface area contributed by atoms with Gasteiger partial charge in [0, 0.05) is 19.2 Å². The predicted molar refractivity (Wildman–Crippen MR) is 60.6 cm³/mol. The lowest BCUT2D eigenvalue weighted by Crippen LogP contribution is -2.53. The van der Waals surface area contributed by atoms with Crippen molar-refractivity contribution in [3.63, 3.8) is 0 Å². The van der Waals surface area contributed by atoms with Gasteiger partial charge in [0.15, 0.2) is 0 Å². The SMILES string of the molecule is CC(C)=CC(=O)N1CC(C)OC(C)(C)C1. The van der Waals surface area contributed by atoms with E-state index in [-0.39, 0.29) is 17.6 Å². The number of rotatable bonds is 1. The van der Waals surface area contributed by atoms with Gasteiger partial charge in [-0.3, -0.25) is 4.79 Å². The summed E-state index contributed by atoms with van der Waals surface area (Å²) in [6, 6.07) is 0. The summed E-state index contributed by atoms with van der Waals surface area (Å²) < 4.78 is 5.74. The normalized spacial score (nSPS) is 24.9. The Hall–Kier alpha value is -0.830. The smallest absolute Gasteiger partial charge is 0.246 e. The fourth-order valence-corrected chi connectivity index (χ4v) is 1.96. The Labute approximate surface area is 92.1 Å². The molecule has 86 valence electrons. The molecule has 1 saturated heterocycles.